The van der Waals surface area contributed by atoms with Gasteiger partial charge in [0.2, 0.25) is 5.88 Å². The average molecular weight is 364 g/mol. The lowest BCUT2D eigenvalue weighted by atomic mass is 10.3. The fourth-order valence-electron chi connectivity index (χ4n) is 2.11. The van der Waals surface area contributed by atoms with Crippen molar-refractivity contribution >= 4 is 29.0 Å². The van der Waals surface area contributed by atoms with Gasteiger partial charge in [0, 0.05) is 6.07 Å². The van der Waals surface area contributed by atoms with Gasteiger partial charge in [-0.1, -0.05) is 35.3 Å². The largest absolute Gasteiger partial charge is 0.476 e. The number of hydrogen-bond acceptors (Lipinski definition) is 5. The van der Waals surface area contributed by atoms with Crippen LogP contribution in [0.25, 0.3) is 5.69 Å². The Kier molecular flexibility index (Phi) is 5.17. The van der Waals surface area contributed by atoms with E-state index in [1.165, 1.54) is 6.33 Å². The molecule has 2 aromatic heterocycles. The third-order valence-electron chi connectivity index (χ3n) is 3.30. The topological polar surface area (TPSA) is 64.9 Å². The summed E-state index contributed by atoms with van der Waals surface area (Å²) < 4.78 is 7.43. The summed E-state index contributed by atoms with van der Waals surface area (Å²) in [5, 5.41) is 8.49. The molecule has 0 aliphatic rings. The summed E-state index contributed by atoms with van der Waals surface area (Å²) in [6.45, 7) is 2.77. The number of rotatable bonds is 6. The standard InChI is InChI=1S/C16H15Cl2N5O/c1-11-15(18)16(21-10-20-11)19-8-9-24-14-6-7-22-23(14)13-5-3-2-4-12(13)17/h2-7,10H,8-9H2,1H3,(H,19,20,21). The second kappa shape index (κ2) is 7.51. The lowest BCUT2D eigenvalue weighted by Crippen LogP contribution is -2.14. The molecular weight excluding hydrogens is 349 g/mol. The van der Waals surface area contributed by atoms with Crippen molar-refractivity contribution in [2.75, 3.05) is 18.5 Å². The predicted molar refractivity (Wildman–Crippen MR) is 94.3 cm³/mol. The van der Waals surface area contributed by atoms with Crippen LogP contribution < -0.4 is 10.1 Å². The molecule has 0 aliphatic carbocycles. The summed E-state index contributed by atoms with van der Waals surface area (Å²) in [6.07, 6.45) is 3.13. The van der Waals surface area contributed by atoms with E-state index in [0.717, 1.165) is 11.4 Å². The van der Waals surface area contributed by atoms with E-state index >= 15 is 0 Å². The monoisotopic (exact) mass is 363 g/mol. The van der Waals surface area contributed by atoms with Crippen molar-refractivity contribution in [1.82, 2.24) is 19.7 Å². The van der Waals surface area contributed by atoms with Crippen molar-refractivity contribution in [2.45, 2.75) is 6.92 Å². The van der Waals surface area contributed by atoms with Gasteiger partial charge in [-0.15, -0.1) is 0 Å². The number of aryl methyl sites for hydroxylation is 1. The van der Waals surface area contributed by atoms with Gasteiger partial charge < -0.3 is 10.1 Å². The molecule has 0 aliphatic heterocycles. The van der Waals surface area contributed by atoms with E-state index in [1.54, 1.807) is 16.9 Å². The maximum Gasteiger partial charge on any atom is 0.216 e. The fraction of sp³-hybridized carbons (Fsp3) is 0.188. The quantitative estimate of drug-likeness (QED) is 0.675. The van der Waals surface area contributed by atoms with Crippen LogP contribution in [0.3, 0.4) is 0 Å². The highest BCUT2D eigenvalue weighted by Gasteiger charge is 2.09. The van der Waals surface area contributed by atoms with Crippen molar-refractivity contribution in [1.29, 1.82) is 0 Å². The van der Waals surface area contributed by atoms with E-state index in [9.17, 15) is 0 Å². The molecule has 0 saturated heterocycles. The van der Waals surface area contributed by atoms with Gasteiger partial charge in [0.05, 0.1) is 29.1 Å². The maximum atomic E-state index is 6.20. The second-order valence-corrected chi connectivity index (χ2v) is 5.71. The Morgan fingerprint density at radius 3 is 2.83 bits per heavy atom. The highest BCUT2D eigenvalue weighted by atomic mass is 35.5. The normalized spacial score (nSPS) is 10.6. The van der Waals surface area contributed by atoms with Crippen LogP contribution in [0.1, 0.15) is 5.69 Å². The zero-order valence-electron chi connectivity index (χ0n) is 12.9. The van der Waals surface area contributed by atoms with Gasteiger partial charge in [0.15, 0.2) is 0 Å². The van der Waals surface area contributed by atoms with Crippen LogP contribution in [0.2, 0.25) is 10.0 Å². The zero-order valence-corrected chi connectivity index (χ0v) is 14.4. The summed E-state index contributed by atoms with van der Waals surface area (Å²) in [5.41, 5.74) is 1.49. The summed E-state index contributed by atoms with van der Waals surface area (Å²) in [7, 11) is 0. The zero-order chi connectivity index (χ0) is 16.9. The van der Waals surface area contributed by atoms with E-state index in [2.05, 4.69) is 20.4 Å². The van der Waals surface area contributed by atoms with E-state index < -0.39 is 0 Å². The van der Waals surface area contributed by atoms with E-state index in [1.807, 2.05) is 31.2 Å². The molecule has 2 heterocycles. The second-order valence-electron chi connectivity index (χ2n) is 4.93. The van der Waals surface area contributed by atoms with Crippen LogP contribution in [0.15, 0.2) is 42.9 Å². The van der Waals surface area contributed by atoms with Crippen LogP contribution in [-0.2, 0) is 0 Å². The van der Waals surface area contributed by atoms with Crippen molar-refractivity contribution in [3.05, 3.63) is 58.6 Å². The molecule has 1 N–H and O–H groups in total. The molecule has 0 atom stereocenters. The molecule has 0 saturated carbocycles. The first-order valence-corrected chi connectivity index (χ1v) is 8.05. The van der Waals surface area contributed by atoms with Crippen molar-refractivity contribution in [3.8, 4) is 11.6 Å². The first-order valence-electron chi connectivity index (χ1n) is 7.29. The molecule has 3 aromatic rings. The molecule has 24 heavy (non-hydrogen) atoms. The van der Waals surface area contributed by atoms with E-state index in [0.29, 0.717) is 34.9 Å². The van der Waals surface area contributed by atoms with Gasteiger partial charge in [-0.3, -0.25) is 0 Å². The SMILES string of the molecule is Cc1ncnc(NCCOc2ccnn2-c2ccccc2Cl)c1Cl. The van der Waals surface area contributed by atoms with Crippen LogP contribution in [-0.4, -0.2) is 32.9 Å². The predicted octanol–water partition coefficient (Wildman–Crippen LogP) is 3.77. The third kappa shape index (κ3) is 3.60. The molecule has 8 heteroatoms. The highest BCUT2D eigenvalue weighted by molar-refractivity contribution is 6.33. The molecule has 3 rings (SSSR count). The van der Waals surface area contributed by atoms with E-state index in [-0.39, 0.29) is 0 Å². The van der Waals surface area contributed by atoms with Crippen LogP contribution >= 0.6 is 23.2 Å². The molecular formula is C16H15Cl2N5O. The molecule has 6 nitrogen and oxygen atoms in total. The minimum Gasteiger partial charge on any atom is -0.476 e. The molecule has 0 radical (unpaired) electrons. The fourth-order valence-corrected chi connectivity index (χ4v) is 2.49. The van der Waals surface area contributed by atoms with E-state index in [4.69, 9.17) is 27.9 Å². The number of halogens is 2. The third-order valence-corrected chi connectivity index (χ3v) is 4.07. The Hall–Kier alpha value is -2.31. The van der Waals surface area contributed by atoms with Gasteiger partial charge in [-0.05, 0) is 19.1 Å². The van der Waals surface area contributed by atoms with Crippen LogP contribution in [0.4, 0.5) is 5.82 Å². The maximum absolute atomic E-state index is 6.20. The van der Waals surface area contributed by atoms with Crippen molar-refractivity contribution in [3.63, 3.8) is 0 Å². The summed E-state index contributed by atoms with van der Waals surface area (Å²) in [6, 6.07) is 9.24. The first kappa shape index (κ1) is 16.5. The lowest BCUT2D eigenvalue weighted by molar-refractivity contribution is 0.310. The minimum absolute atomic E-state index is 0.412. The number of benzene rings is 1. The molecule has 1 aromatic carbocycles. The molecule has 124 valence electrons. The number of nitrogens with one attached hydrogen (secondary N) is 1. The molecule has 0 unspecified atom stereocenters. The number of anilines is 1. The summed E-state index contributed by atoms with van der Waals surface area (Å²) in [5.74, 6) is 1.20. The Labute approximate surface area is 149 Å². The van der Waals surface area contributed by atoms with Gasteiger partial charge in [0.1, 0.15) is 23.8 Å². The number of ether oxygens (including phenoxy) is 1. The number of aromatic nitrogens is 4. The average Bonchev–Trinajstić information content (AvgIpc) is 3.04. The van der Waals surface area contributed by atoms with Gasteiger partial charge in [-0.25, -0.2) is 9.97 Å². The van der Waals surface area contributed by atoms with Gasteiger partial charge in [0.25, 0.3) is 0 Å². The summed E-state index contributed by atoms with van der Waals surface area (Å²) >= 11 is 12.3. The lowest BCUT2D eigenvalue weighted by Gasteiger charge is -2.11. The Bertz CT molecular complexity index is 837. The smallest absolute Gasteiger partial charge is 0.216 e. The number of para-hydroxylation sites is 1. The van der Waals surface area contributed by atoms with Crippen molar-refractivity contribution < 1.29 is 4.74 Å². The highest BCUT2D eigenvalue weighted by Crippen LogP contribution is 2.24. The number of nitrogens with zero attached hydrogens (tertiary/aromatic N) is 4. The molecule has 0 bridgehead atoms. The minimum atomic E-state index is 0.412. The molecule has 0 amide bonds. The molecule has 0 fully saturated rings. The van der Waals surface area contributed by atoms with Crippen LogP contribution in [0.5, 0.6) is 5.88 Å². The van der Waals surface area contributed by atoms with Crippen molar-refractivity contribution in [2.24, 2.45) is 0 Å². The molecule has 0 spiro atoms. The van der Waals surface area contributed by atoms with Crippen LogP contribution in [0, 0.1) is 6.92 Å². The van der Waals surface area contributed by atoms with Gasteiger partial charge >= 0.3 is 0 Å². The Morgan fingerprint density at radius 1 is 1.17 bits per heavy atom. The summed E-state index contributed by atoms with van der Waals surface area (Å²) in [4.78, 5) is 8.13. The number of hydrogen-bond donors (Lipinski definition) is 1. The Balaban J connectivity index is 1.62. The van der Waals surface area contributed by atoms with Gasteiger partial charge in [-0.2, -0.15) is 9.78 Å². The first-order chi connectivity index (χ1) is 11.7. The Morgan fingerprint density at radius 2 is 2.00 bits per heavy atom.